The first kappa shape index (κ1) is 19.2. The minimum absolute atomic E-state index is 0.0491. The van der Waals surface area contributed by atoms with Crippen LogP contribution in [0.1, 0.15) is 37.2 Å². The van der Waals surface area contributed by atoms with E-state index in [9.17, 15) is 25.0 Å². The number of nitrogens with zero attached hydrogens (tertiary/aromatic N) is 2. The highest BCUT2D eigenvalue weighted by atomic mass is 16.6. The number of rotatable bonds is 5. The van der Waals surface area contributed by atoms with Crippen LogP contribution in [0.25, 0.3) is 0 Å². The van der Waals surface area contributed by atoms with Gasteiger partial charge in [-0.15, -0.1) is 0 Å². The van der Waals surface area contributed by atoms with Crippen LogP contribution in [0.3, 0.4) is 0 Å². The largest absolute Gasteiger partial charge is 0.369 e. The van der Waals surface area contributed by atoms with Crippen LogP contribution < -0.4 is 10.6 Å². The lowest BCUT2D eigenvalue weighted by atomic mass is 9.91. The molecule has 2 aromatic carbocycles. The lowest BCUT2D eigenvalue weighted by Gasteiger charge is -2.35. The van der Waals surface area contributed by atoms with Gasteiger partial charge in [0.25, 0.3) is 11.4 Å². The molecule has 0 amide bonds. The van der Waals surface area contributed by atoms with Crippen LogP contribution in [0, 0.1) is 20.2 Å². The molecule has 9 heteroatoms. The van der Waals surface area contributed by atoms with Crippen molar-refractivity contribution in [1.29, 1.82) is 0 Å². The predicted molar refractivity (Wildman–Crippen MR) is 101 cm³/mol. The molecule has 2 atom stereocenters. The number of Topliss-reactive ketones (excluding diaryl/α,β-unsaturated/α-hetero) is 1. The molecule has 2 aromatic rings. The Morgan fingerprint density at radius 2 is 1.50 bits per heavy atom. The zero-order valence-corrected chi connectivity index (χ0v) is 15.2. The van der Waals surface area contributed by atoms with Gasteiger partial charge in [-0.25, -0.2) is 0 Å². The van der Waals surface area contributed by atoms with Crippen LogP contribution in [0.15, 0.2) is 59.8 Å². The van der Waals surface area contributed by atoms with Crippen LogP contribution in [0.2, 0.25) is 0 Å². The third-order valence-electron chi connectivity index (χ3n) is 4.59. The molecule has 1 heterocycles. The first-order valence-corrected chi connectivity index (χ1v) is 8.51. The molecular weight excluding hydrogens is 364 g/mol. The van der Waals surface area contributed by atoms with Crippen molar-refractivity contribution in [2.75, 3.05) is 0 Å². The standard InChI is InChI=1S/C19H18N4O5/c1-11-17(12(2)24)18(13-5-3-7-15(9-13)22(25)26)21-19(20-11)14-6-4-8-16(10-14)23(27)28/h3-10,18-21H,1-2H3/t18-,19-/m0/s1. The van der Waals surface area contributed by atoms with Crippen molar-refractivity contribution < 1.29 is 14.6 Å². The highest BCUT2D eigenvalue weighted by molar-refractivity contribution is 5.95. The molecule has 3 rings (SSSR count). The van der Waals surface area contributed by atoms with E-state index in [0.717, 1.165) is 0 Å². The molecule has 0 unspecified atom stereocenters. The Balaban J connectivity index is 2.05. The average molecular weight is 382 g/mol. The zero-order valence-electron chi connectivity index (χ0n) is 15.2. The molecule has 0 bridgehead atoms. The first-order valence-electron chi connectivity index (χ1n) is 8.51. The third kappa shape index (κ3) is 3.74. The van der Waals surface area contributed by atoms with Gasteiger partial charge < -0.3 is 5.32 Å². The maximum Gasteiger partial charge on any atom is 0.269 e. The topological polar surface area (TPSA) is 127 Å². The van der Waals surface area contributed by atoms with E-state index < -0.39 is 22.1 Å². The van der Waals surface area contributed by atoms with Crippen LogP contribution in [0.5, 0.6) is 0 Å². The number of allylic oxidation sites excluding steroid dienone is 1. The lowest BCUT2D eigenvalue weighted by Crippen LogP contribution is -2.43. The number of nitro groups is 2. The Labute approximate surface area is 160 Å². The predicted octanol–water partition coefficient (Wildman–Crippen LogP) is 3.30. The highest BCUT2D eigenvalue weighted by Crippen LogP contribution is 2.33. The summed E-state index contributed by atoms with van der Waals surface area (Å²) in [6.07, 6.45) is -0.507. The molecular formula is C19H18N4O5. The minimum atomic E-state index is -0.595. The first-order chi connectivity index (χ1) is 13.3. The Hall–Kier alpha value is -3.59. The monoisotopic (exact) mass is 382 g/mol. The second-order valence-electron chi connectivity index (χ2n) is 6.48. The molecule has 144 valence electrons. The second kappa shape index (κ2) is 7.57. The van der Waals surface area contributed by atoms with Gasteiger partial charge in [0.2, 0.25) is 0 Å². The van der Waals surface area contributed by atoms with Gasteiger partial charge in [-0.3, -0.25) is 30.3 Å². The summed E-state index contributed by atoms with van der Waals surface area (Å²) in [6.45, 7) is 3.17. The highest BCUT2D eigenvalue weighted by Gasteiger charge is 2.32. The molecule has 0 spiro atoms. The lowest BCUT2D eigenvalue weighted by molar-refractivity contribution is -0.385. The van der Waals surface area contributed by atoms with E-state index in [4.69, 9.17) is 0 Å². The van der Waals surface area contributed by atoms with Gasteiger partial charge >= 0.3 is 0 Å². The zero-order chi connectivity index (χ0) is 20.4. The molecule has 9 nitrogen and oxygen atoms in total. The number of benzene rings is 2. The van der Waals surface area contributed by atoms with Crippen molar-refractivity contribution in [2.24, 2.45) is 0 Å². The fourth-order valence-corrected chi connectivity index (χ4v) is 3.35. The van der Waals surface area contributed by atoms with Crippen LogP contribution in [0.4, 0.5) is 11.4 Å². The van der Waals surface area contributed by atoms with Crippen LogP contribution in [-0.2, 0) is 4.79 Å². The third-order valence-corrected chi connectivity index (χ3v) is 4.59. The van der Waals surface area contributed by atoms with E-state index in [0.29, 0.717) is 22.4 Å². The van der Waals surface area contributed by atoms with Gasteiger partial charge in [0.1, 0.15) is 6.17 Å². The van der Waals surface area contributed by atoms with E-state index in [1.165, 1.54) is 31.2 Å². The SMILES string of the molecule is CC(=O)C1=C(C)N[C@H](c2cccc([N+](=O)[O-])c2)N[C@H]1c1cccc([N+](=O)[O-])c1. The Bertz CT molecular complexity index is 1000. The molecule has 1 aliphatic rings. The fraction of sp³-hybridized carbons (Fsp3) is 0.211. The second-order valence-corrected chi connectivity index (χ2v) is 6.48. The summed E-state index contributed by atoms with van der Waals surface area (Å²) >= 11 is 0. The van der Waals surface area contributed by atoms with Crippen molar-refractivity contribution in [3.05, 3.63) is 91.2 Å². The van der Waals surface area contributed by atoms with E-state index in [-0.39, 0.29) is 17.2 Å². The van der Waals surface area contributed by atoms with Gasteiger partial charge in [-0.2, -0.15) is 0 Å². The number of non-ortho nitro benzene ring substituents is 2. The van der Waals surface area contributed by atoms with E-state index in [2.05, 4.69) is 10.6 Å². The molecule has 0 aromatic heterocycles. The van der Waals surface area contributed by atoms with Crippen LogP contribution >= 0.6 is 0 Å². The van der Waals surface area contributed by atoms with Gasteiger partial charge in [-0.1, -0.05) is 24.3 Å². The summed E-state index contributed by atoms with van der Waals surface area (Å²) in [4.78, 5) is 33.5. The molecule has 1 aliphatic heterocycles. The van der Waals surface area contributed by atoms with Crippen molar-refractivity contribution in [3.8, 4) is 0 Å². The van der Waals surface area contributed by atoms with E-state index >= 15 is 0 Å². The van der Waals surface area contributed by atoms with Crippen molar-refractivity contribution in [1.82, 2.24) is 10.6 Å². The number of nitro benzene ring substituents is 2. The number of carbonyl (C=O) groups is 1. The van der Waals surface area contributed by atoms with E-state index in [1.54, 1.807) is 31.2 Å². The molecule has 2 N–H and O–H groups in total. The molecule has 28 heavy (non-hydrogen) atoms. The van der Waals surface area contributed by atoms with Gasteiger partial charge in [0, 0.05) is 35.5 Å². The molecule has 0 saturated heterocycles. The summed E-state index contributed by atoms with van der Waals surface area (Å²) in [5.74, 6) is -0.175. The van der Waals surface area contributed by atoms with Gasteiger partial charge in [-0.05, 0) is 25.0 Å². The summed E-state index contributed by atoms with van der Waals surface area (Å²) in [7, 11) is 0. The van der Waals surface area contributed by atoms with Gasteiger partial charge in [0.15, 0.2) is 5.78 Å². The summed E-state index contributed by atoms with van der Waals surface area (Å²) in [6, 6.07) is 11.6. The Kier molecular flexibility index (Phi) is 5.18. The number of nitrogens with one attached hydrogen (secondary N) is 2. The quantitative estimate of drug-likeness (QED) is 0.600. The van der Waals surface area contributed by atoms with Gasteiger partial charge in [0.05, 0.1) is 15.9 Å². The molecule has 0 aliphatic carbocycles. The van der Waals surface area contributed by atoms with Crippen molar-refractivity contribution >= 4 is 17.2 Å². The summed E-state index contributed by atoms with van der Waals surface area (Å²) in [5.41, 5.74) is 2.13. The normalized spacial score (nSPS) is 19.1. The number of carbonyl (C=O) groups excluding carboxylic acids is 1. The fourth-order valence-electron chi connectivity index (χ4n) is 3.35. The number of hydrogen-bond donors (Lipinski definition) is 2. The number of ketones is 1. The average Bonchev–Trinajstić information content (AvgIpc) is 2.67. The maximum absolute atomic E-state index is 12.2. The maximum atomic E-state index is 12.2. The van der Waals surface area contributed by atoms with E-state index in [1.807, 2.05) is 0 Å². The Morgan fingerprint density at radius 1 is 0.964 bits per heavy atom. The molecule has 0 radical (unpaired) electrons. The summed E-state index contributed by atoms with van der Waals surface area (Å²) in [5, 5.41) is 28.6. The van der Waals surface area contributed by atoms with Crippen molar-refractivity contribution in [3.63, 3.8) is 0 Å². The number of hydrogen-bond acceptors (Lipinski definition) is 7. The molecule has 0 fully saturated rings. The van der Waals surface area contributed by atoms with Crippen LogP contribution in [-0.4, -0.2) is 15.6 Å². The Morgan fingerprint density at radius 3 is 2.04 bits per heavy atom. The summed E-state index contributed by atoms with van der Waals surface area (Å²) < 4.78 is 0. The smallest absolute Gasteiger partial charge is 0.269 e. The minimum Gasteiger partial charge on any atom is -0.369 e. The molecule has 0 saturated carbocycles. The van der Waals surface area contributed by atoms with Crippen molar-refractivity contribution in [2.45, 2.75) is 26.1 Å².